The Bertz CT molecular complexity index is 663. The van der Waals surface area contributed by atoms with Crippen LogP contribution in [-0.4, -0.2) is 9.97 Å². The highest BCUT2D eigenvalue weighted by atomic mass is 16.1. The Labute approximate surface area is 79.4 Å². The smallest absolute Gasteiger partial charge is 0.248 e. The Morgan fingerprint density at radius 3 is 2.79 bits per heavy atom. The van der Waals surface area contributed by atoms with Gasteiger partial charge in [-0.05, 0) is 6.07 Å². The monoisotopic (exact) mass is 184 g/mol. The molecule has 0 saturated carbocycles. The van der Waals surface area contributed by atoms with Gasteiger partial charge >= 0.3 is 0 Å². The van der Waals surface area contributed by atoms with E-state index >= 15 is 0 Å². The molecule has 0 spiro atoms. The second kappa shape index (κ2) is 2.48. The van der Waals surface area contributed by atoms with Gasteiger partial charge in [0.15, 0.2) is 0 Å². The zero-order valence-corrected chi connectivity index (χ0v) is 7.37. The minimum absolute atomic E-state index is 0.0674. The van der Waals surface area contributed by atoms with E-state index in [4.69, 9.17) is 0 Å². The lowest BCUT2D eigenvalue weighted by Crippen LogP contribution is -2.00. The fourth-order valence-electron chi connectivity index (χ4n) is 1.77. The van der Waals surface area contributed by atoms with E-state index in [1.54, 1.807) is 12.3 Å². The molecule has 3 heteroatoms. The van der Waals surface area contributed by atoms with Crippen LogP contribution in [0.5, 0.6) is 0 Å². The van der Waals surface area contributed by atoms with Crippen molar-refractivity contribution < 1.29 is 0 Å². The summed E-state index contributed by atoms with van der Waals surface area (Å²) in [5.74, 6) is 0. The summed E-state index contributed by atoms with van der Waals surface area (Å²) >= 11 is 0. The maximum atomic E-state index is 11.2. The van der Waals surface area contributed by atoms with Gasteiger partial charge in [0.05, 0.1) is 5.52 Å². The molecule has 0 radical (unpaired) electrons. The highest BCUT2D eigenvalue weighted by molar-refractivity contribution is 6.06. The number of rotatable bonds is 0. The van der Waals surface area contributed by atoms with Gasteiger partial charge in [-0.2, -0.15) is 0 Å². The summed E-state index contributed by atoms with van der Waals surface area (Å²) in [5, 5.41) is 2.07. The van der Waals surface area contributed by atoms with Crippen molar-refractivity contribution in [3.8, 4) is 0 Å². The van der Waals surface area contributed by atoms with Gasteiger partial charge in [0.2, 0.25) is 5.56 Å². The van der Waals surface area contributed by atoms with Crippen molar-refractivity contribution in [2.45, 2.75) is 0 Å². The van der Waals surface area contributed by atoms with E-state index in [-0.39, 0.29) is 5.56 Å². The molecule has 2 aromatic heterocycles. The normalized spacial score (nSPS) is 11.1. The zero-order chi connectivity index (χ0) is 9.54. The number of benzene rings is 1. The lowest BCUT2D eigenvalue weighted by Gasteiger charge is -1.87. The van der Waals surface area contributed by atoms with Gasteiger partial charge < -0.3 is 9.97 Å². The predicted octanol–water partition coefficient (Wildman–Crippen LogP) is 2.01. The Morgan fingerprint density at radius 2 is 1.86 bits per heavy atom. The van der Waals surface area contributed by atoms with Crippen LogP contribution in [0.1, 0.15) is 0 Å². The molecular weight excluding hydrogens is 176 g/mol. The third kappa shape index (κ3) is 0.893. The molecule has 0 unspecified atom stereocenters. The fourth-order valence-corrected chi connectivity index (χ4v) is 1.77. The maximum Gasteiger partial charge on any atom is 0.248 e. The van der Waals surface area contributed by atoms with Gasteiger partial charge in [-0.1, -0.05) is 18.2 Å². The molecule has 3 rings (SSSR count). The summed E-state index contributed by atoms with van der Waals surface area (Å²) in [4.78, 5) is 17.0. The van der Waals surface area contributed by atoms with E-state index in [9.17, 15) is 4.79 Å². The molecule has 0 aliphatic heterocycles. The molecule has 0 aliphatic carbocycles. The summed E-state index contributed by atoms with van der Waals surface area (Å²) in [7, 11) is 0. The molecule has 0 atom stereocenters. The molecule has 3 nitrogen and oxygen atoms in total. The van der Waals surface area contributed by atoms with Gasteiger partial charge in [0, 0.05) is 28.6 Å². The first-order valence-corrected chi connectivity index (χ1v) is 4.44. The zero-order valence-electron chi connectivity index (χ0n) is 7.37. The van der Waals surface area contributed by atoms with Crippen molar-refractivity contribution in [2.75, 3.05) is 0 Å². The van der Waals surface area contributed by atoms with E-state index in [2.05, 4.69) is 9.97 Å². The standard InChI is InChI=1S/C11H8N2O/c14-11-5-8-7-3-1-2-4-9(7)13-10(8)6-12-11/h1-6,13H,(H,12,14). The molecule has 3 aromatic rings. The number of pyridine rings is 1. The summed E-state index contributed by atoms with van der Waals surface area (Å²) in [6.07, 6.45) is 1.71. The van der Waals surface area contributed by atoms with Gasteiger partial charge in [-0.3, -0.25) is 4.79 Å². The van der Waals surface area contributed by atoms with Crippen LogP contribution >= 0.6 is 0 Å². The predicted molar refractivity (Wildman–Crippen MR) is 56.4 cm³/mol. The van der Waals surface area contributed by atoms with Crippen molar-refractivity contribution >= 4 is 21.8 Å². The van der Waals surface area contributed by atoms with Gasteiger partial charge in [0.1, 0.15) is 0 Å². The van der Waals surface area contributed by atoms with Gasteiger partial charge in [0.25, 0.3) is 0 Å². The Balaban J connectivity index is 2.65. The van der Waals surface area contributed by atoms with Crippen LogP contribution in [-0.2, 0) is 0 Å². The second-order valence-electron chi connectivity index (χ2n) is 3.30. The molecule has 0 saturated heterocycles. The van der Waals surface area contributed by atoms with E-state index in [1.807, 2.05) is 24.3 Å². The van der Waals surface area contributed by atoms with Gasteiger partial charge in [-0.15, -0.1) is 0 Å². The largest absolute Gasteiger partial charge is 0.353 e. The summed E-state index contributed by atoms with van der Waals surface area (Å²) in [5.41, 5.74) is 1.95. The average Bonchev–Trinajstić information content (AvgIpc) is 2.56. The second-order valence-corrected chi connectivity index (χ2v) is 3.30. The van der Waals surface area contributed by atoms with Crippen LogP contribution in [0.3, 0.4) is 0 Å². The Morgan fingerprint density at radius 1 is 1.00 bits per heavy atom. The minimum atomic E-state index is -0.0674. The highest BCUT2D eigenvalue weighted by Gasteiger charge is 2.02. The van der Waals surface area contributed by atoms with Crippen molar-refractivity contribution in [1.82, 2.24) is 9.97 Å². The summed E-state index contributed by atoms with van der Waals surface area (Å²) in [6.45, 7) is 0. The van der Waals surface area contributed by atoms with Crippen molar-refractivity contribution in [1.29, 1.82) is 0 Å². The van der Waals surface area contributed by atoms with Crippen LogP contribution in [0.4, 0.5) is 0 Å². The van der Waals surface area contributed by atoms with Crippen LogP contribution in [0.2, 0.25) is 0 Å². The third-order valence-electron chi connectivity index (χ3n) is 2.41. The third-order valence-corrected chi connectivity index (χ3v) is 2.41. The number of para-hydroxylation sites is 1. The molecule has 0 fully saturated rings. The van der Waals surface area contributed by atoms with Crippen LogP contribution in [0.15, 0.2) is 41.3 Å². The first kappa shape index (κ1) is 7.38. The van der Waals surface area contributed by atoms with Gasteiger partial charge in [-0.25, -0.2) is 0 Å². The molecular formula is C11H8N2O. The molecule has 2 N–H and O–H groups in total. The number of nitrogens with one attached hydrogen (secondary N) is 2. The number of fused-ring (bicyclic) bond motifs is 3. The number of hydrogen-bond donors (Lipinski definition) is 2. The van der Waals surface area contributed by atoms with E-state index in [0.717, 1.165) is 21.8 Å². The van der Waals surface area contributed by atoms with Crippen LogP contribution in [0, 0.1) is 0 Å². The number of hydrogen-bond acceptors (Lipinski definition) is 1. The van der Waals surface area contributed by atoms with Crippen LogP contribution < -0.4 is 5.56 Å². The van der Waals surface area contributed by atoms with Crippen molar-refractivity contribution in [3.05, 3.63) is 46.9 Å². The Hall–Kier alpha value is -2.03. The summed E-state index contributed by atoms with van der Waals surface area (Å²) < 4.78 is 0. The lowest BCUT2D eigenvalue weighted by molar-refractivity contribution is 1.26. The van der Waals surface area contributed by atoms with E-state index in [0.29, 0.717) is 0 Å². The van der Waals surface area contributed by atoms with E-state index < -0.39 is 0 Å². The average molecular weight is 184 g/mol. The fraction of sp³-hybridized carbons (Fsp3) is 0. The maximum absolute atomic E-state index is 11.2. The lowest BCUT2D eigenvalue weighted by atomic mass is 10.2. The molecule has 0 amide bonds. The van der Waals surface area contributed by atoms with Crippen molar-refractivity contribution in [3.63, 3.8) is 0 Å². The van der Waals surface area contributed by atoms with E-state index in [1.165, 1.54) is 0 Å². The molecule has 68 valence electrons. The number of aromatic nitrogens is 2. The molecule has 0 aliphatic rings. The Kier molecular flexibility index (Phi) is 1.31. The molecule has 0 bridgehead atoms. The molecule has 2 heterocycles. The van der Waals surface area contributed by atoms with Crippen LogP contribution in [0.25, 0.3) is 21.8 Å². The molecule has 1 aromatic carbocycles. The number of aromatic amines is 2. The highest BCUT2D eigenvalue weighted by Crippen LogP contribution is 2.22. The number of H-pyrrole nitrogens is 2. The first-order valence-electron chi connectivity index (χ1n) is 4.44. The summed E-state index contributed by atoms with van der Waals surface area (Å²) in [6, 6.07) is 9.57. The molecule has 14 heavy (non-hydrogen) atoms. The minimum Gasteiger partial charge on any atom is -0.353 e. The first-order chi connectivity index (χ1) is 6.84. The van der Waals surface area contributed by atoms with Crippen molar-refractivity contribution in [2.24, 2.45) is 0 Å². The topological polar surface area (TPSA) is 48.6 Å². The SMILES string of the molecule is O=c1cc2c(c[nH]1)[nH]c1ccccc12. The quantitative estimate of drug-likeness (QED) is 0.551.